The van der Waals surface area contributed by atoms with Crippen molar-refractivity contribution in [3.05, 3.63) is 63.8 Å². The Morgan fingerprint density at radius 2 is 1.74 bits per heavy atom. The van der Waals surface area contributed by atoms with Crippen LogP contribution < -0.4 is 4.74 Å². The number of hydrogen-bond acceptors (Lipinski definition) is 2. The second-order valence-corrected chi connectivity index (χ2v) is 6.03. The zero-order valence-corrected chi connectivity index (χ0v) is 12.0. The summed E-state index contributed by atoms with van der Waals surface area (Å²) in [5.74, 6) is 0.946. The average molecular weight is 268 g/mol. The summed E-state index contributed by atoms with van der Waals surface area (Å²) in [6.07, 6.45) is 0.989. The van der Waals surface area contributed by atoms with Crippen molar-refractivity contribution in [3.63, 3.8) is 0 Å². The molecule has 0 atom stereocenters. The number of ether oxygens (including phenoxy) is 1. The van der Waals surface area contributed by atoms with Gasteiger partial charge in [-0.25, -0.2) is 0 Å². The summed E-state index contributed by atoms with van der Waals surface area (Å²) >= 11 is 1.87. The van der Waals surface area contributed by atoms with Crippen LogP contribution in [0.25, 0.3) is 10.8 Å². The van der Waals surface area contributed by atoms with Crippen molar-refractivity contribution in [2.45, 2.75) is 13.3 Å². The van der Waals surface area contributed by atoms with Crippen LogP contribution in [0, 0.1) is 6.92 Å². The zero-order chi connectivity index (χ0) is 13.2. The molecular formula is C17H16OS. The first kappa shape index (κ1) is 12.2. The lowest BCUT2D eigenvalue weighted by Gasteiger charge is -2.09. The van der Waals surface area contributed by atoms with E-state index in [1.165, 1.54) is 26.1 Å². The quantitative estimate of drug-likeness (QED) is 0.662. The highest BCUT2D eigenvalue weighted by Gasteiger charge is 2.07. The fraction of sp³-hybridized carbons (Fsp3) is 0.176. The SMILES string of the molecule is COc1ccc(Cc2ccc(C)s2)c2ccccc12. The van der Waals surface area contributed by atoms with E-state index in [9.17, 15) is 0 Å². The molecule has 0 saturated carbocycles. The molecule has 0 amide bonds. The van der Waals surface area contributed by atoms with Crippen molar-refractivity contribution in [1.29, 1.82) is 0 Å². The Bertz CT molecular complexity index is 712. The van der Waals surface area contributed by atoms with Crippen LogP contribution in [0.2, 0.25) is 0 Å². The molecule has 2 aromatic carbocycles. The lowest BCUT2D eigenvalue weighted by Crippen LogP contribution is -1.90. The van der Waals surface area contributed by atoms with E-state index in [2.05, 4.69) is 55.5 Å². The Hall–Kier alpha value is -1.80. The third-order valence-electron chi connectivity index (χ3n) is 3.35. The molecule has 0 radical (unpaired) electrons. The van der Waals surface area contributed by atoms with Gasteiger partial charge < -0.3 is 4.74 Å². The van der Waals surface area contributed by atoms with E-state index in [4.69, 9.17) is 4.74 Å². The summed E-state index contributed by atoms with van der Waals surface area (Å²) in [4.78, 5) is 2.78. The minimum Gasteiger partial charge on any atom is -0.496 e. The molecule has 3 aromatic rings. The molecular weight excluding hydrogens is 252 g/mol. The third-order valence-corrected chi connectivity index (χ3v) is 4.36. The van der Waals surface area contributed by atoms with Gasteiger partial charge >= 0.3 is 0 Å². The van der Waals surface area contributed by atoms with Gasteiger partial charge in [0.2, 0.25) is 0 Å². The predicted octanol–water partition coefficient (Wildman–Crippen LogP) is 4.81. The van der Waals surface area contributed by atoms with Gasteiger partial charge in [-0.3, -0.25) is 0 Å². The Labute approximate surface area is 117 Å². The maximum atomic E-state index is 5.44. The van der Waals surface area contributed by atoms with E-state index >= 15 is 0 Å². The Morgan fingerprint density at radius 3 is 2.42 bits per heavy atom. The standard InChI is InChI=1S/C17H16OS/c1-12-7-9-14(19-12)11-13-8-10-17(18-2)16-6-4-3-5-15(13)16/h3-10H,11H2,1-2H3. The lowest BCUT2D eigenvalue weighted by molar-refractivity contribution is 0.419. The van der Waals surface area contributed by atoms with Gasteiger partial charge in [0.05, 0.1) is 7.11 Å². The molecule has 19 heavy (non-hydrogen) atoms. The Balaban J connectivity index is 2.09. The summed E-state index contributed by atoms with van der Waals surface area (Å²) < 4.78 is 5.44. The summed E-state index contributed by atoms with van der Waals surface area (Å²) in [5, 5.41) is 2.48. The van der Waals surface area contributed by atoms with Crippen molar-refractivity contribution in [2.75, 3.05) is 7.11 Å². The van der Waals surface area contributed by atoms with E-state index in [1.54, 1.807) is 7.11 Å². The van der Waals surface area contributed by atoms with Gasteiger partial charge in [-0.05, 0) is 36.1 Å². The molecule has 0 bridgehead atoms. The maximum Gasteiger partial charge on any atom is 0.126 e. The summed E-state index contributed by atoms with van der Waals surface area (Å²) in [5.41, 5.74) is 1.36. The highest BCUT2D eigenvalue weighted by Crippen LogP contribution is 2.30. The predicted molar refractivity (Wildman–Crippen MR) is 82.4 cm³/mol. The second-order valence-electron chi connectivity index (χ2n) is 4.66. The molecule has 2 heteroatoms. The van der Waals surface area contributed by atoms with Crippen molar-refractivity contribution in [3.8, 4) is 5.75 Å². The number of rotatable bonds is 3. The fourth-order valence-corrected chi connectivity index (χ4v) is 3.35. The van der Waals surface area contributed by atoms with Gasteiger partial charge in [0, 0.05) is 21.6 Å². The van der Waals surface area contributed by atoms with Crippen molar-refractivity contribution >= 4 is 22.1 Å². The Morgan fingerprint density at radius 1 is 0.947 bits per heavy atom. The minimum atomic E-state index is 0.946. The third kappa shape index (κ3) is 2.36. The van der Waals surface area contributed by atoms with E-state index in [0.29, 0.717) is 0 Å². The normalized spacial score (nSPS) is 10.8. The minimum absolute atomic E-state index is 0.946. The van der Waals surface area contributed by atoms with Crippen molar-refractivity contribution in [1.82, 2.24) is 0 Å². The van der Waals surface area contributed by atoms with Gasteiger partial charge in [-0.2, -0.15) is 0 Å². The van der Waals surface area contributed by atoms with Crippen LogP contribution in [0.3, 0.4) is 0 Å². The van der Waals surface area contributed by atoms with E-state index in [1.807, 2.05) is 11.3 Å². The smallest absolute Gasteiger partial charge is 0.126 e. The topological polar surface area (TPSA) is 9.23 Å². The summed E-state index contributed by atoms with van der Waals surface area (Å²) in [6, 6.07) is 17.1. The number of aryl methyl sites for hydroxylation is 1. The molecule has 0 aliphatic rings. The largest absolute Gasteiger partial charge is 0.496 e. The molecule has 0 spiro atoms. The van der Waals surface area contributed by atoms with Gasteiger partial charge in [-0.1, -0.05) is 30.3 Å². The molecule has 0 saturated heterocycles. The highest BCUT2D eigenvalue weighted by molar-refractivity contribution is 7.11. The number of fused-ring (bicyclic) bond motifs is 1. The Kier molecular flexibility index (Phi) is 3.26. The van der Waals surface area contributed by atoms with Crippen LogP contribution in [0.15, 0.2) is 48.5 Å². The van der Waals surface area contributed by atoms with Gasteiger partial charge in [-0.15, -0.1) is 11.3 Å². The van der Waals surface area contributed by atoms with E-state index < -0.39 is 0 Å². The van der Waals surface area contributed by atoms with Crippen LogP contribution in [0.4, 0.5) is 0 Å². The number of thiophene rings is 1. The average Bonchev–Trinajstić information content (AvgIpc) is 2.85. The van der Waals surface area contributed by atoms with Gasteiger partial charge in [0.15, 0.2) is 0 Å². The first-order chi connectivity index (χ1) is 9.28. The summed E-state index contributed by atoms with van der Waals surface area (Å²) in [7, 11) is 1.73. The van der Waals surface area contributed by atoms with Crippen LogP contribution in [0.1, 0.15) is 15.3 Å². The zero-order valence-electron chi connectivity index (χ0n) is 11.1. The number of methoxy groups -OCH3 is 1. The van der Waals surface area contributed by atoms with E-state index in [0.717, 1.165) is 12.2 Å². The van der Waals surface area contributed by atoms with Crippen LogP contribution >= 0.6 is 11.3 Å². The van der Waals surface area contributed by atoms with Crippen molar-refractivity contribution < 1.29 is 4.74 Å². The van der Waals surface area contributed by atoms with E-state index in [-0.39, 0.29) is 0 Å². The van der Waals surface area contributed by atoms with Gasteiger partial charge in [0.1, 0.15) is 5.75 Å². The number of benzene rings is 2. The molecule has 3 rings (SSSR count). The first-order valence-corrected chi connectivity index (χ1v) is 7.19. The van der Waals surface area contributed by atoms with Crippen LogP contribution in [-0.2, 0) is 6.42 Å². The molecule has 0 fully saturated rings. The molecule has 96 valence electrons. The maximum absolute atomic E-state index is 5.44. The molecule has 0 aliphatic heterocycles. The van der Waals surface area contributed by atoms with Gasteiger partial charge in [0.25, 0.3) is 0 Å². The van der Waals surface area contributed by atoms with Crippen molar-refractivity contribution in [2.24, 2.45) is 0 Å². The molecule has 1 aromatic heterocycles. The fourth-order valence-electron chi connectivity index (χ4n) is 2.43. The molecule has 0 unspecified atom stereocenters. The molecule has 0 N–H and O–H groups in total. The molecule has 1 nitrogen and oxygen atoms in total. The molecule has 0 aliphatic carbocycles. The highest BCUT2D eigenvalue weighted by atomic mass is 32.1. The number of hydrogen-bond donors (Lipinski definition) is 0. The second kappa shape index (κ2) is 5.06. The van der Waals surface area contributed by atoms with Crippen LogP contribution in [0.5, 0.6) is 5.75 Å². The molecule has 1 heterocycles. The van der Waals surface area contributed by atoms with Crippen LogP contribution in [-0.4, -0.2) is 7.11 Å². The first-order valence-electron chi connectivity index (χ1n) is 6.38. The monoisotopic (exact) mass is 268 g/mol. The lowest BCUT2D eigenvalue weighted by atomic mass is 10.0. The summed E-state index contributed by atoms with van der Waals surface area (Å²) in [6.45, 7) is 2.15.